The number of Topliss-reactive ketones (excluding diaryl/α,β-unsaturated/α-hetero) is 1. The number of hydrogen-bond acceptors (Lipinski definition) is 4. The van der Waals surface area contributed by atoms with E-state index < -0.39 is 0 Å². The molecule has 0 spiro atoms. The zero-order valence-corrected chi connectivity index (χ0v) is 14.1. The number of aromatic nitrogens is 1. The van der Waals surface area contributed by atoms with Gasteiger partial charge in [-0.15, -0.1) is 0 Å². The van der Waals surface area contributed by atoms with Crippen LogP contribution in [0.15, 0.2) is 24.4 Å². The van der Waals surface area contributed by atoms with Gasteiger partial charge in [0, 0.05) is 41.2 Å². The predicted molar refractivity (Wildman–Crippen MR) is 93.1 cm³/mol. The third kappa shape index (κ3) is 3.67. The fourth-order valence-electron chi connectivity index (χ4n) is 3.40. The summed E-state index contributed by atoms with van der Waals surface area (Å²) < 4.78 is 5.03. The number of nitrogens with one attached hydrogen (secondary N) is 1. The fraction of sp³-hybridized carbons (Fsp3) is 0.474. The second-order valence-electron chi connectivity index (χ2n) is 6.45. The third-order valence-corrected chi connectivity index (χ3v) is 4.84. The van der Waals surface area contributed by atoms with E-state index in [1.807, 2.05) is 31.3 Å². The molecule has 24 heavy (non-hydrogen) atoms. The lowest BCUT2D eigenvalue weighted by Crippen LogP contribution is -2.31. The van der Waals surface area contributed by atoms with Crippen molar-refractivity contribution in [2.75, 3.05) is 19.6 Å². The van der Waals surface area contributed by atoms with Gasteiger partial charge in [0.1, 0.15) is 6.10 Å². The number of fused-ring (bicyclic) bond motifs is 1. The number of carbonyl (C=O) groups excluding carboxylic acids is 2. The zero-order chi connectivity index (χ0) is 16.9. The first-order chi connectivity index (χ1) is 11.7. The number of piperidine rings is 1. The molecule has 3 rings (SSSR count). The van der Waals surface area contributed by atoms with E-state index in [0.717, 1.165) is 41.7 Å². The Hall–Kier alpha value is -2.14. The van der Waals surface area contributed by atoms with Crippen LogP contribution < -0.4 is 0 Å². The number of likely N-dealkylation sites (tertiary alicyclic amines) is 1. The number of benzene rings is 1. The molecule has 0 aliphatic carbocycles. The maximum atomic E-state index is 12.5. The van der Waals surface area contributed by atoms with Gasteiger partial charge in [-0.1, -0.05) is 6.42 Å². The first-order valence-corrected chi connectivity index (χ1v) is 8.64. The molecule has 5 heteroatoms. The van der Waals surface area contributed by atoms with Gasteiger partial charge in [-0.2, -0.15) is 0 Å². The molecule has 1 saturated heterocycles. The highest BCUT2D eigenvalue weighted by Crippen LogP contribution is 2.27. The summed E-state index contributed by atoms with van der Waals surface area (Å²) in [4.78, 5) is 28.6. The van der Waals surface area contributed by atoms with Gasteiger partial charge in [0.05, 0.1) is 0 Å². The van der Waals surface area contributed by atoms with Crippen molar-refractivity contribution in [3.63, 3.8) is 0 Å². The van der Waals surface area contributed by atoms with Crippen LogP contribution >= 0.6 is 0 Å². The molecular formula is C19H24N2O3. The normalized spacial score (nSPS) is 16.9. The van der Waals surface area contributed by atoms with Crippen molar-refractivity contribution in [3.8, 4) is 0 Å². The molecule has 1 aromatic heterocycles. The van der Waals surface area contributed by atoms with Crippen LogP contribution in [0, 0.1) is 0 Å². The SMILES string of the molecule is CC(OC=O)c1c[nH]c2ccc(C(=O)CCN3CCCCC3)cc12. The molecule has 0 amide bonds. The van der Waals surface area contributed by atoms with Crippen molar-refractivity contribution in [1.82, 2.24) is 9.88 Å². The van der Waals surface area contributed by atoms with Crippen LogP contribution in [0.1, 0.15) is 54.6 Å². The van der Waals surface area contributed by atoms with E-state index in [0.29, 0.717) is 12.9 Å². The monoisotopic (exact) mass is 328 g/mol. The molecule has 2 aromatic rings. The minimum atomic E-state index is -0.338. The number of nitrogens with zero attached hydrogens (tertiary/aromatic N) is 1. The fourth-order valence-corrected chi connectivity index (χ4v) is 3.40. The average Bonchev–Trinajstić information content (AvgIpc) is 3.04. The van der Waals surface area contributed by atoms with Crippen LogP contribution in [0.25, 0.3) is 10.9 Å². The second-order valence-corrected chi connectivity index (χ2v) is 6.45. The van der Waals surface area contributed by atoms with Gasteiger partial charge in [0.15, 0.2) is 5.78 Å². The number of aromatic amines is 1. The van der Waals surface area contributed by atoms with Crippen LogP contribution in [0.4, 0.5) is 0 Å². The maximum absolute atomic E-state index is 12.5. The van der Waals surface area contributed by atoms with Gasteiger partial charge < -0.3 is 14.6 Å². The summed E-state index contributed by atoms with van der Waals surface area (Å²) in [5, 5.41) is 0.938. The first-order valence-electron chi connectivity index (χ1n) is 8.64. The average molecular weight is 328 g/mol. The van der Waals surface area contributed by atoms with Crippen LogP contribution in [-0.2, 0) is 9.53 Å². The molecule has 0 saturated carbocycles. The van der Waals surface area contributed by atoms with Gasteiger partial charge >= 0.3 is 0 Å². The molecule has 1 N–H and O–H groups in total. The highest BCUT2D eigenvalue weighted by molar-refractivity contribution is 6.00. The summed E-state index contributed by atoms with van der Waals surface area (Å²) in [6.07, 6.45) is 5.82. The Morgan fingerprint density at radius 2 is 2.12 bits per heavy atom. The highest BCUT2D eigenvalue weighted by atomic mass is 16.5. The van der Waals surface area contributed by atoms with Crippen molar-refractivity contribution in [1.29, 1.82) is 0 Å². The van der Waals surface area contributed by atoms with E-state index >= 15 is 0 Å². The number of ether oxygens (including phenoxy) is 1. The maximum Gasteiger partial charge on any atom is 0.293 e. The first kappa shape index (κ1) is 16.7. The zero-order valence-electron chi connectivity index (χ0n) is 14.1. The number of ketones is 1. The largest absolute Gasteiger partial charge is 0.460 e. The van der Waals surface area contributed by atoms with Gasteiger partial charge in [-0.25, -0.2) is 0 Å². The summed E-state index contributed by atoms with van der Waals surface area (Å²) in [5.41, 5.74) is 2.56. The van der Waals surface area contributed by atoms with E-state index in [1.165, 1.54) is 19.3 Å². The van der Waals surface area contributed by atoms with Gasteiger partial charge in [0.2, 0.25) is 0 Å². The standard InChI is InChI=1S/C19H24N2O3/c1-14(24-13-22)17-12-20-18-6-5-15(11-16(17)18)19(23)7-10-21-8-3-2-4-9-21/h5-6,11-14,20H,2-4,7-10H2,1H3. The summed E-state index contributed by atoms with van der Waals surface area (Å²) in [6, 6.07) is 5.69. The quantitative estimate of drug-likeness (QED) is 0.624. The molecule has 0 radical (unpaired) electrons. The van der Waals surface area contributed by atoms with Crippen LogP contribution in [0.5, 0.6) is 0 Å². The van der Waals surface area contributed by atoms with E-state index in [4.69, 9.17) is 4.74 Å². The number of rotatable bonds is 7. The van der Waals surface area contributed by atoms with Crippen molar-refractivity contribution in [2.24, 2.45) is 0 Å². The van der Waals surface area contributed by atoms with Crippen LogP contribution in [0.2, 0.25) is 0 Å². The third-order valence-electron chi connectivity index (χ3n) is 4.84. The summed E-state index contributed by atoms with van der Waals surface area (Å²) >= 11 is 0. The molecule has 1 fully saturated rings. The molecule has 1 aliphatic heterocycles. The molecule has 1 aliphatic rings. The molecule has 2 heterocycles. The summed E-state index contributed by atoms with van der Waals surface area (Å²) in [7, 11) is 0. The molecule has 0 bridgehead atoms. The van der Waals surface area contributed by atoms with E-state index in [-0.39, 0.29) is 11.9 Å². The van der Waals surface area contributed by atoms with Gasteiger partial charge in [-0.3, -0.25) is 9.59 Å². The lowest BCUT2D eigenvalue weighted by molar-refractivity contribution is -0.133. The lowest BCUT2D eigenvalue weighted by Gasteiger charge is -2.25. The van der Waals surface area contributed by atoms with Crippen LogP contribution in [-0.4, -0.2) is 41.8 Å². The molecule has 1 aromatic carbocycles. The number of hydrogen-bond donors (Lipinski definition) is 1. The lowest BCUT2D eigenvalue weighted by atomic mass is 10.0. The van der Waals surface area contributed by atoms with Crippen molar-refractivity contribution in [3.05, 3.63) is 35.5 Å². The molecule has 5 nitrogen and oxygen atoms in total. The van der Waals surface area contributed by atoms with E-state index in [2.05, 4.69) is 9.88 Å². The minimum absolute atomic E-state index is 0.165. The molecular weight excluding hydrogens is 304 g/mol. The van der Waals surface area contributed by atoms with Crippen molar-refractivity contribution in [2.45, 2.75) is 38.7 Å². The van der Waals surface area contributed by atoms with Crippen molar-refractivity contribution >= 4 is 23.2 Å². The topological polar surface area (TPSA) is 62.4 Å². The van der Waals surface area contributed by atoms with Gasteiger partial charge in [-0.05, 0) is 51.1 Å². The Morgan fingerprint density at radius 1 is 1.33 bits per heavy atom. The Bertz CT molecular complexity index is 716. The Labute approximate surface area is 142 Å². The molecule has 1 unspecified atom stereocenters. The van der Waals surface area contributed by atoms with Crippen LogP contribution in [0.3, 0.4) is 0 Å². The van der Waals surface area contributed by atoms with E-state index in [1.54, 1.807) is 0 Å². The number of carbonyl (C=O) groups is 2. The van der Waals surface area contributed by atoms with Crippen molar-refractivity contribution < 1.29 is 14.3 Å². The Morgan fingerprint density at radius 3 is 2.88 bits per heavy atom. The van der Waals surface area contributed by atoms with Gasteiger partial charge in [0.25, 0.3) is 6.47 Å². The highest BCUT2D eigenvalue weighted by Gasteiger charge is 2.16. The number of H-pyrrole nitrogens is 1. The second kappa shape index (κ2) is 7.62. The van der Waals surface area contributed by atoms with E-state index in [9.17, 15) is 9.59 Å². The smallest absolute Gasteiger partial charge is 0.293 e. The minimum Gasteiger partial charge on any atom is -0.460 e. The Kier molecular flexibility index (Phi) is 5.30. The molecule has 1 atom stereocenters. The summed E-state index contributed by atoms with van der Waals surface area (Å²) in [6.45, 7) is 5.32. The summed E-state index contributed by atoms with van der Waals surface area (Å²) in [5.74, 6) is 0.165. The molecule has 128 valence electrons. The predicted octanol–water partition coefficient (Wildman–Crippen LogP) is 3.46. The Balaban J connectivity index is 1.72.